The van der Waals surface area contributed by atoms with Crippen molar-refractivity contribution in [3.63, 3.8) is 0 Å². The summed E-state index contributed by atoms with van der Waals surface area (Å²) < 4.78 is 0. The first-order valence-corrected chi connectivity index (χ1v) is 14.9. The molecule has 47 heavy (non-hydrogen) atoms. The highest BCUT2D eigenvalue weighted by atomic mass is 16.3. The van der Waals surface area contributed by atoms with Crippen molar-refractivity contribution in [3.05, 3.63) is 108 Å². The lowest BCUT2D eigenvalue weighted by Gasteiger charge is -2.55. The average Bonchev–Trinajstić information content (AvgIpc) is 3.03. The zero-order valence-electron chi connectivity index (χ0n) is 25.5. The van der Waals surface area contributed by atoms with E-state index in [9.17, 15) is 29.1 Å². The molecule has 3 aromatic rings. The number of amides is 8. The van der Waals surface area contributed by atoms with Crippen molar-refractivity contribution < 1.29 is 29.1 Å². The molecule has 6 N–H and O–H groups in total. The molecule has 2 aliphatic heterocycles. The van der Waals surface area contributed by atoms with Crippen LogP contribution in [0.25, 0.3) is 0 Å². The molecule has 2 heterocycles. The van der Waals surface area contributed by atoms with E-state index in [4.69, 9.17) is 5.73 Å². The van der Waals surface area contributed by atoms with E-state index in [1.807, 2.05) is 35.6 Å². The summed E-state index contributed by atoms with van der Waals surface area (Å²) in [5.41, 5.74) is 7.65. The van der Waals surface area contributed by atoms with Crippen LogP contribution in [0.15, 0.2) is 91.5 Å². The number of piperazine rings is 1. The van der Waals surface area contributed by atoms with Crippen molar-refractivity contribution in [1.29, 1.82) is 0 Å². The lowest BCUT2D eigenvalue weighted by Crippen LogP contribution is -2.76. The van der Waals surface area contributed by atoms with E-state index in [0.717, 1.165) is 11.1 Å². The van der Waals surface area contributed by atoms with Gasteiger partial charge in [0.2, 0.25) is 11.8 Å². The second kappa shape index (κ2) is 14.5. The van der Waals surface area contributed by atoms with Gasteiger partial charge in [-0.05, 0) is 41.0 Å². The van der Waals surface area contributed by atoms with Crippen LogP contribution in [0.1, 0.15) is 16.7 Å². The van der Waals surface area contributed by atoms with Gasteiger partial charge in [-0.1, -0.05) is 60.7 Å². The predicted octanol–water partition coefficient (Wildman–Crippen LogP) is 2.33. The molecule has 0 spiro atoms. The number of hydrogen-bond acceptors (Lipinski definition) is 7. The van der Waals surface area contributed by atoms with Gasteiger partial charge in [-0.15, -0.1) is 6.58 Å². The van der Waals surface area contributed by atoms with Gasteiger partial charge in [0.05, 0.1) is 13.1 Å². The molecular formula is C33H36N8O6. The number of nitrogens with zero attached hydrogens (tertiary/aromatic N) is 4. The molecule has 0 saturated carbocycles. The number of nitrogens with one attached hydrogen (secondary N) is 3. The lowest BCUT2D eigenvalue weighted by molar-refractivity contribution is -0.189. The first-order valence-electron chi connectivity index (χ1n) is 14.9. The molecule has 2 atom stereocenters. The van der Waals surface area contributed by atoms with Gasteiger partial charge in [-0.25, -0.2) is 24.4 Å². The molecular weight excluding hydrogens is 604 g/mol. The molecule has 244 valence electrons. The molecule has 8 amide bonds. The first-order chi connectivity index (χ1) is 22.6. The molecule has 14 heteroatoms. The fourth-order valence-electron chi connectivity index (χ4n) is 5.80. The van der Waals surface area contributed by atoms with E-state index >= 15 is 0 Å². The molecule has 2 aliphatic rings. The van der Waals surface area contributed by atoms with Crippen LogP contribution >= 0.6 is 0 Å². The smallest absolute Gasteiger partial charge is 0.334 e. The number of phenols is 1. The Hall–Kier alpha value is -5.89. The third-order valence-corrected chi connectivity index (χ3v) is 7.82. The molecule has 0 bridgehead atoms. The van der Waals surface area contributed by atoms with Crippen molar-refractivity contribution in [2.24, 2.45) is 5.73 Å². The molecule has 2 saturated heterocycles. The van der Waals surface area contributed by atoms with Gasteiger partial charge in [0.15, 0.2) is 0 Å². The number of benzene rings is 3. The van der Waals surface area contributed by atoms with Crippen molar-refractivity contribution in [2.75, 3.05) is 25.0 Å². The maximum Gasteiger partial charge on any atom is 0.334 e. The van der Waals surface area contributed by atoms with E-state index in [2.05, 4.69) is 17.2 Å². The third kappa shape index (κ3) is 7.86. The Bertz CT molecular complexity index is 1650. The first kappa shape index (κ1) is 32.5. The molecule has 3 aromatic carbocycles. The topological polar surface area (TPSA) is 181 Å². The Morgan fingerprint density at radius 3 is 2.38 bits per heavy atom. The highest BCUT2D eigenvalue weighted by Gasteiger charge is 2.51. The Morgan fingerprint density at radius 2 is 1.68 bits per heavy atom. The molecule has 14 nitrogen and oxygen atoms in total. The average molecular weight is 641 g/mol. The minimum atomic E-state index is -1.01. The van der Waals surface area contributed by atoms with E-state index in [0.29, 0.717) is 11.3 Å². The van der Waals surface area contributed by atoms with Gasteiger partial charge in [0, 0.05) is 31.7 Å². The van der Waals surface area contributed by atoms with Crippen molar-refractivity contribution in [3.8, 4) is 5.75 Å². The summed E-state index contributed by atoms with van der Waals surface area (Å²) in [4.78, 5) is 68.0. The highest BCUT2D eigenvalue weighted by molar-refractivity contribution is 6.00. The maximum atomic E-state index is 14.2. The van der Waals surface area contributed by atoms with Gasteiger partial charge in [0.1, 0.15) is 18.0 Å². The number of carbonyl (C=O) groups excluding carboxylic acids is 5. The Balaban J connectivity index is 1.47. The van der Waals surface area contributed by atoms with Crippen molar-refractivity contribution in [1.82, 2.24) is 30.5 Å². The zero-order chi connectivity index (χ0) is 33.5. The summed E-state index contributed by atoms with van der Waals surface area (Å²) in [5, 5.41) is 20.3. The number of rotatable bonds is 9. The Kier molecular flexibility index (Phi) is 10.0. The molecule has 0 aliphatic carbocycles. The molecule has 2 fully saturated rings. The largest absolute Gasteiger partial charge is 0.508 e. The molecule has 0 aromatic heterocycles. The summed E-state index contributed by atoms with van der Waals surface area (Å²) >= 11 is 0. The fourth-order valence-corrected chi connectivity index (χ4v) is 5.80. The SMILES string of the molecule is C=CCN1CC(=O)N2[C@@H](Cc3ccc(O)cc3)C(=O)N(Cc3cccc(NC(=O)NC(N)=O)c3)C[C@@H]2N1C(=O)NCc1ccccc1. The van der Waals surface area contributed by atoms with E-state index in [-0.39, 0.29) is 56.7 Å². The quantitative estimate of drug-likeness (QED) is 0.223. The summed E-state index contributed by atoms with van der Waals surface area (Å²) in [6.07, 6.45) is 0.898. The van der Waals surface area contributed by atoms with Crippen LogP contribution in [0, 0.1) is 0 Å². The minimum absolute atomic E-state index is 0.00285. The second-order valence-corrected chi connectivity index (χ2v) is 11.2. The maximum absolute atomic E-state index is 14.2. The highest BCUT2D eigenvalue weighted by Crippen LogP contribution is 2.30. The van der Waals surface area contributed by atoms with Gasteiger partial charge < -0.3 is 31.3 Å². The van der Waals surface area contributed by atoms with Crippen molar-refractivity contribution >= 4 is 35.6 Å². The number of fused-ring (bicyclic) bond motifs is 1. The zero-order valence-corrected chi connectivity index (χ0v) is 25.5. The summed E-state index contributed by atoms with van der Waals surface area (Å²) in [5.74, 6) is -0.571. The molecule has 5 rings (SSSR count). The summed E-state index contributed by atoms with van der Waals surface area (Å²) in [6, 6.07) is 19.3. The van der Waals surface area contributed by atoms with Crippen LogP contribution in [0.2, 0.25) is 0 Å². The number of hydrazine groups is 1. The predicted molar refractivity (Wildman–Crippen MR) is 172 cm³/mol. The number of carbonyl (C=O) groups is 5. The second-order valence-electron chi connectivity index (χ2n) is 11.2. The van der Waals surface area contributed by atoms with E-state index < -0.39 is 30.3 Å². The number of hydrogen-bond donors (Lipinski definition) is 5. The summed E-state index contributed by atoms with van der Waals surface area (Å²) in [7, 11) is 0. The van der Waals surface area contributed by atoms with Crippen LogP contribution in [-0.4, -0.2) is 86.7 Å². The van der Waals surface area contributed by atoms with Crippen LogP contribution in [0.4, 0.5) is 20.1 Å². The van der Waals surface area contributed by atoms with E-state index in [1.54, 1.807) is 52.4 Å². The van der Waals surface area contributed by atoms with Gasteiger partial charge in [-0.3, -0.25) is 14.9 Å². The van der Waals surface area contributed by atoms with Gasteiger partial charge >= 0.3 is 18.1 Å². The van der Waals surface area contributed by atoms with Crippen LogP contribution < -0.4 is 21.7 Å². The number of nitrogens with two attached hydrogens (primary N) is 1. The monoisotopic (exact) mass is 640 g/mol. The molecule has 0 unspecified atom stereocenters. The van der Waals surface area contributed by atoms with Gasteiger partial charge in [0.25, 0.3) is 0 Å². The number of aromatic hydroxyl groups is 1. The van der Waals surface area contributed by atoms with Crippen molar-refractivity contribution in [2.45, 2.75) is 31.7 Å². The van der Waals surface area contributed by atoms with Gasteiger partial charge in [-0.2, -0.15) is 0 Å². The number of primary amides is 1. The number of imide groups is 1. The normalized spacial score (nSPS) is 17.9. The number of urea groups is 3. The van der Waals surface area contributed by atoms with Crippen LogP contribution in [0.3, 0.4) is 0 Å². The van der Waals surface area contributed by atoms with Crippen LogP contribution in [0.5, 0.6) is 5.75 Å². The fraction of sp³-hybridized carbons (Fsp3) is 0.242. The number of phenolic OH excluding ortho intramolecular Hbond substituents is 1. The third-order valence-electron chi connectivity index (χ3n) is 7.82. The van der Waals surface area contributed by atoms with Crippen LogP contribution in [-0.2, 0) is 29.1 Å². The Morgan fingerprint density at radius 1 is 0.957 bits per heavy atom. The summed E-state index contributed by atoms with van der Waals surface area (Å²) in [6.45, 7) is 4.23. The Labute approximate surface area is 271 Å². The minimum Gasteiger partial charge on any atom is -0.508 e. The molecule has 0 radical (unpaired) electrons. The standard InChI is InChI=1S/C33H36N8O6/c1-2-15-39-21-29(43)40-27(17-22-11-13-26(42)14-12-22)30(44)38(19-24-9-6-10-25(16-24)36-32(46)37-31(34)45)20-28(40)41(39)33(47)35-18-23-7-4-3-5-8-23/h2-14,16,27-28,42H,1,15,17-21H2,(H,35,47)(H4,34,36,37,45,46)/t27-,28-/m0/s1. The lowest BCUT2D eigenvalue weighted by atomic mass is 9.98. The van der Waals surface area contributed by atoms with E-state index in [1.165, 1.54) is 22.0 Å². The number of anilines is 1.